The molecule has 1 aromatic rings. The number of carboxylic acid groups (broad SMARTS) is 1. The van der Waals surface area contributed by atoms with Gasteiger partial charge in [-0.25, -0.2) is 4.79 Å². The minimum absolute atomic E-state index is 0.0662. The van der Waals surface area contributed by atoms with Crippen LogP contribution in [0, 0.1) is 12.8 Å². The topological polar surface area (TPSA) is 78.4 Å². The maximum atomic E-state index is 11.7. The van der Waals surface area contributed by atoms with Crippen molar-refractivity contribution >= 4 is 12.0 Å². The number of benzene rings is 1. The molecule has 0 aromatic heterocycles. The van der Waals surface area contributed by atoms with Gasteiger partial charge in [0.05, 0.1) is 12.0 Å². The summed E-state index contributed by atoms with van der Waals surface area (Å²) in [7, 11) is 0. The van der Waals surface area contributed by atoms with E-state index in [1.165, 1.54) is 5.56 Å². The Morgan fingerprint density at radius 1 is 1.19 bits per heavy atom. The number of carbonyl (C=O) groups is 2. The predicted octanol–water partition coefficient (Wildman–Crippen LogP) is 2.86. The van der Waals surface area contributed by atoms with Crippen molar-refractivity contribution < 1.29 is 14.7 Å². The molecule has 0 bridgehead atoms. The second-order valence-electron chi connectivity index (χ2n) is 5.41. The Morgan fingerprint density at radius 3 is 2.38 bits per heavy atom. The smallest absolute Gasteiger partial charge is 0.315 e. The number of rotatable bonds is 7. The van der Waals surface area contributed by atoms with Gasteiger partial charge >= 0.3 is 12.0 Å². The average molecular weight is 292 g/mol. The van der Waals surface area contributed by atoms with Crippen LogP contribution in [0.15, 0.2) is 24.3 Å². The fourth-order valence-corrected chi connectivity index (χ4v) is 1.92. The second kappa shape index (κ2) is 8.29. The monoisotopic (exact) mass is 292 g/mol. The summed E-state index contributed by atoms with van der Waals surface area (Å²) in [6, 6.07) is 7.72. The standard InChI is InChI=1S/C16H24N2O3/c1-11-6-8-14(9-7-11)13(3)18-16(21)17-10-4-5-12(2)15(19)20/h6-9,12-13H,4-5,10H2,1-3H3,(H,19,20)(H2,17,18,21). The number of carbonyl (C=O) groups excluding carboxylic acids is 1. The van der Waals surface area contributed by atoms with Crippen molar-refractivity contribution in [2.24, 2.45) is 5.92 Å². The number of amides is 2. The molecular weight excluding hydrogens is 268 g/mol. The van der Waals surface area contributed by atoms with Crippen LogP contribution >= 0.6 is 0 Å². The van der Waals surface area contributed by atoms with Gasteiger partial charge in [-0.05, 0) is 32.3 Å². The zero-order valence-corrected chi connectivity index (χ0v) is 12.8. The molecule has 0 aliphatic carbocycles. The van der Waals surface area contributed by atoms with E-state index in [2.05, 4.69) is 10.6 Å². The number of hydrogen-bond acceptors (Lipinski definition) is 2. The molecule has 5 nitrogen and oxygen atoms in total. The van der Waals surface area contributed by atoms with Crippen molar-refractivity contribution in [3.8, 4) is 0 Å². The van der Waals surface area contributed by atoms with Crippen molar-refractivity contribution in [3.63, 3.8) is 0 Å². The number of hydrogen-bond donors (Lipinski definition) is 3. The molecule has 1 rings (SSSR count). The van der Waals surface area contributed by atoms with E-state index in [1.807, 2.05) is 38.1 Å². The molecule has 2 atom stereocenters. The fraction of sp³-hybridized carbons (Fsp3) is 0.500. The summed E-state index contributed by atoms with van der Waals surface area (Å²) in [5.41, 5.74) is 2.23. The lowest BCUT2D eigenvalue weighted by atomic mass is 10.1. The first-order chi connectivity index (χ1) is 9.90. The first-order valence-electron chi connectivity index (χ1n) is 7.24. The Kier molecular flexibility index (Phi) is 6.72. The molecule has 0 aliphatic heterocycles. The van der Waals surface area contributed by atoms with Gasteiger partial charge in [0.15, 0.2) is 0 Å². The van der Waals surface area contributed by atoms with Gasteiger partial charge < -0.3 is 15.7 Å². The Hall–Kier alpha value is -2.04. The Morgan fingerprint density at radius 2 is 1.81 bits per heavy atom. The molecule has 1 aromatic carbocycles. The summed E-state index contributed by atoms with van der Waals surface area (Å²) in [4.78, 5) is 22.4. The van der Waals surface area contributed by atoms with Crippen molar-refractivity contribution in [1.82, 2.24) is 10.6 Å². The van der Waals surface area contributed by atoms with E-state index in [1.54, 1.807) is 6.92 Å². The van der Waals surface area contributed by atoms with E-state index in [0.29, 0.717) is 19.4 Å². The maximum absolute atomic E-state index is 11.7. The predicted molar refractivity (Wildman–Crippen MR) is 82.2 cm³/mol. The van der Waals surface area contributed by atoms with E-state index in [0.717, 1.165) is 5.56 Å². The molecule has 2 unspecified atom stereocenters. The fourth-order valence-electron chi connectivity index (χ4n) is 1.92. The van der Waals surface area contributed by atoms with Crippen LogP contribution in [0.4, 0.5) is 4.79 Å². The second-order valence-corrected chi connectivity index (χ2v) is 5.41. The maximum Gasteiger partial charge on any atom is 0.315 e. The molecule has 116 valence electrons. The number of carboxylic acids is 1. The van der Waals surface area contributed by atoms with Crippen LogP contribution in [0.2, 0.25) is 0 Å². The number of aliphatic carboxylic acids is 1. The third-order valence-electron chi connectivity index (χ3n) is 3.45. The normalized spacial score (nSPS) is 13.3. The van der Waals surface area contributed by atoms with Crippen molar-refractivity contribution in [3.05, 3.63) is 35.4 Å². The molecule has 0 fully saturated rings. The van der Waals surface area contributed by atoms with E-state index >= 15 is 0 Å². The first-order valence-corrected chi connectivity index (χ1v) is 7.24. The van der Waals surface area contributed by atoms with Gasteiger partial charge in [0.2, 0.25) is 0 Å². The van der Waals surface area contributed by atoms with Gasteiger partial charge in [-0.15, -0.1) is 0 Å². The minimum Gasteiger partial charge on any atom is -0.481 e. The number of aryl methyl sites for hydroxylation is 1. The van der Waals surface area contributed by atoms with Gasteiger partial charge in [-0.2, -0.15) is 0 Å². The summed E-state index contributed by atoms with van der Waals surface area (Å²) in [5, 5.41) is 14.4. The van der Waals surface area contributed by atoms with E-state index < -0.39 is 5.97 Å². The molecule has 2 amide bonds. The molecular formula is C16H24N2O3. The highest BCUT2D eigenvalue weighted by molar-refractivity contribution is 5.74. The van der Waals surface area contributed by atoms with Crippen molar-refractivity contribution in [2.75, 3.05) is 6.54 Å². The largest absolute Gasteiger partial charge is 0.481 e. The van der Waals surface area contributed by atoms with Crippen LogP contribution in [0.1, 0.15) is 43.9 Å². The molecule has 0 heterocycles. The average Bonchev–Trinajstić information content (AvgIpc) is 2.43. The molecule has 0 saturated heterocycles. The van der Waals surface area contributed by atoms with Gasteiger partial charge in [-0.1, -0.05) is 36.8 Å². The zero-order chi connectivity index (χ0) is 15.8. The summed E-state index contributed by atoms with van der Waals surface area (Å²) < 4.78 is 0. The Labute approximate surface area is 125 Å². The van der Waals surface area contributed by atoms with Crippen LogP contribution in [0.5, 0.6) is 0 Å². The lowest BCUT2D eigenvalue weighted by Gasteiger charge is -2.15. The third-order valence-corrected chi connectivity index (χ3v) is 3.45. The summed E-state index contributed by atoms with van der Waals surface area (Å²) in [6.45, 7) is 6.09. The SMILES string of the molecule is Cc1ccc(C(C)NC(=O)NCCCC(C)C(=O)O)cc1. The first kappa shape index (κ1) is 17.0. The van der Waals surface area contributed by atoms with Crippen LogP contribution in [0.25, 0.3) is 0 Å². The molecule has 5 heteroatoms. The van der Waals surface area contributed by atoms with E-state index in [9.17, 15) is 9.59 Å². The van der Waals surface area contributed by atoms with Crippen molar-refractivity contribution in [1.29, 1.82) is 0 Å². The summed E-state index contributed by atoms with van der Waals surface area (Å²) >= 11 is 0. The minimum atomic E-state index is -0.799. The molecule has 0 saturated carbocycles. The van der Waals surface area contributed by atoms with Gasteiger partial charge in [0, 0.05) is 6.54 Å². The van der Waals surface area contributed by atoms with Gasteiger partial charge in [0.1, 0.15) is 0 Å². The summed E-state index contributed by atoms with van der Waals surface area (Å²) in [5.74, 6) is -1.17. The zero-order valence-electron chi connectivity index (χ0n) is 12.8. The van der Waals surface area contributed by atoms with Crippen LogP contribution in [0.3, 0.4) is 0 Å². The van der Waals surface area contributed by atoms with Crippen molar-refractivity contribution in [2.45, 2.75) is 39.7 Å². The highest BCUT2D eigenvalue weighted by atomic mass is 16.4. The number of nitrogens with one attached hydrogen (secondary N) is 2. The van der Waals surface area contributed by atoms with Gasteiger partial charge in [-0.3, -0.25) is 4.79 Å². The Balaban J connectivity index is 2.27. The lowest BCUT2D eigenvalue weighted by molar-refractivity contribution is -0.141. The lowest BCUT2D eigenvalue weighted by Crippen LogP contribution is -2.37. The molecule has 0 spiro atoms. The molecule has 0 radical (unpaired) electrons. The molecule has 0 aliphatic rings. The Bertz CT molecular complexity index is 471. The highest BCUT2D eigenvalue weighted by Crippen LogP contribution is 2.12. The highest BCUT2D eigenvalue weighted by Gasteiger charge is 2.11. The summed E-state index contributed by atoms with van der Waals surface area (Å²) in [6.07, 6.45) is 1.21. The van der Waals surface area contributed by atoms with E-state index in [-0.39, 0.29) is 18.0 Å². The number of urea groups is 1. The third kappa shape index (κ3) is 6.29. The van der Waals surface area contributed by atoms with E-state index in [4.69, 9.17) is 5.11 Å². The van der Waals surface area contributed by atoms with Crippen LogP contribution in [-0.4, -0.2) is 23.7 Å². The van der Waals surface area contributed by atoms with Crippen LogP contribution < -0.4 is 10.6 Å². The van der Waals surface area contributed by atoms with Crippen LogP contribution in [-0.2, 0) is 4.79 Å². The quantitative estimate of drug-likeness (QED) is 0.676. The molecule has 3 N–H and O–H groups in total. The molecule has 21 heavy (non-hydrogen) atoms. The van der Waals surface area contributed by atoms with Gasteiger partial charge in [0.25, 0.3) is 0 Å².